The molecule has 0 aromatic carbocycles. The lowest BCUT2D eigenvalue weighted by atomic mass is 10.2. The van der Waals surface area contributed by atoms with Crippen LogP contribution < -0.4 is 5.32 Å². The maximum absolute atomic E-state index is 11.5. The Hall–Kier alpha value is -1.92. The van der Waals surface area contributed by atoms with Crippen molar-refractivity contribution in [1.82, 2.24) is 15.5 Å². The number of esters is 1. The van der Waals surface area contributed by atoms with Crippen LogP contribution in [0.25, 0.3) is 0 Å². The quantitative estimate of drug-likeness (QED) is 0.805. The number of carbonyl (C=O) groups excluding carboxylic acids is 2. The van der Waals surface area contributed by atoms with E-state index in [4.69, 9.17) is 9.26 Å². The van der Waals surface area contributed by atoms with Crippen molar-refractivity contribution in [2.45, 2.75) is 52.7 Å². The number of nitrogens with one attached hydrogen (secondary N) is 1. The highest BCUT2D eigenvalue weighted by atomic mass is 16.6. The Morgan fingerprint density at radius 1 is 1.32 bits per heavy atom. The van der Waals surface area contributed by atoms with Gasteiger partial charge in [-0.15, -0.1) is 0 Å². The third-order valence-corrected chi connectivity index (χ3v) is 1.99. The predicted molar refractivity (Wildman–Crippen MR) is 66.0 cm³/mol. The van der Waals surface area contributed by atoms with Crippen LogP contribution in [0.3, 0.4) is 0 Å². The molecule has 7 nitrogen and oxygen atoms in total. The summed E-state index contributed by atoms with van der Waals surface area (Å²) in [6, 6.07) is 0. The third-order valence-electron chi connectivity index (χ3n) is 1.99. The number of ether oxygens (including phenoxy) is 1. The van der Waals surface area contributed by atoms with Crippen molar-refractivity contribution in [1.29, 1.82) is 0 Å². The highest BCUT2D eigenvalue weighted by Gasteiger charge is 2.17. The summed E-state index contributed by atoms with van der Waals surface area (Å²) in [5.41, 5.74) is -0.532. The fraction of sp³-hybridized carbons (Fsp3) is 0.667. The van der Waals surface area contributed by atoms with Crippen LogP contribution in [-0.2, 0) is 20.9 Å². The Labute approximate surface area is 111 Å². The van der Waals surface area contributed by atoms with E-state index in [2.05, 4.69) is 15.5 Å². The van der Waals surface area contributed by atoms with E-state index in [1.807, 2.05) is 0 Å². The molecule has 1 rings (SSSR count). The molecular formula is C12H19N3O4. The van der Waals surface area contributed by atoms with Crippen molar-refractivity contribution in [2.24, 2.45) is 0 Å². The SMILES string of the molecule is Cc1nc(CNC(=O)CCC(=O)OC(C)(C)C)no1. The monoisotopic (exact) mass is 269 g/mol. The van der Waals surface area contributed by atoms with Gasteiger partial charge in [-0.1, -0.05) is 5.16 Å². The fourth-order valence-corrected chi connectivity index (χ4v) is 1.29. The van der Waals surface area contributed by atoms with Gasteiger partial charge in [0.15, 0.2) is 5.82 Å². The van der Waals surface area contributed by atoms with Gasteiger partial charge in [0.2, 0.25) is 11.8 Å². The zero-order valence-electron chi connectivity index (χ0n) is 11.6. The van der Waals surface area contributed by atoms with Crippen molar-refractivity contribution in [3.63, 3.8) is 0 Å². The molecule has 1 heterocycles. The van der Waals surface area contributed by atoms with Crippen molar-refractivity contribution < 1.29 is 18.8 Å². The molecule has 0 aliphatic heterocycles. The summed E-state index contributed by atoms with van der Waals surface area (Å²) in [6.45, 7) is 7.20. The van der Waals surface area contributed by atoms with Gasteiger partial charge in [0.05, 0.1) is 13.0 Å². The second-order valence-electron chi connectivity index (χ2n) is 5.09. The van der Waals surface area contributed by atoms with Crippen LogP contribution >= 0.6 is 0 Å². The molecule has 0 atom stereocenters. The van der Waals surface area contributed by atoms with Gasteiger partial charge in [0.25, 0.3) is 0 Å². The summed E-state index contributed by atoms with van der Waals surface area (Å²) >= 11 is 0. The summed E-state index contributed by atoms with van der Waals surface area (Å²) in [5.74, 6) is 0.201. The van der Waals surface area contributed by atoms with Gasteiger partial charge in [-0.25, -0.2) is 0 Å². The van der Waals surface area contributed by atoms with Gasteiger partial charge in [-0.05, 0) is 20.8 Å². The third kappa shape index (κ3) is 6.54. The van der Waals surface area contributed by atoms with Crippen molar-refractivity contribution in [3.8, 4) is 0 Å². The normalized spacial score (nSPS) is 11.2. The molecular weight excluding hydrogens is 250 g/mol. The van der Waals surface area contributed by atoms with Gasteiger partial charge >= 0.3 is 5.97 Å². The highest BCUT2D eigenvalue weighted by Crippen LogP contribution is 2.09. The topological polar surface area (TPSA) is 94.3 Å². The Bertz CT molecular complexity index is 448. The summed E-state index contributed by atoms with van der Waals surface area (Å²) in [6.07, 6.45) is 0.125. The summed E-state index contributed by atoms with van der Waals surface area (Å²) in [5, 5.41) is 6.24. The number of rotatable bonds is 5. The van der Waals surface area contributed by atoms with Crippen LogP contribution in [0, 0.1) is 6.92 Å². The summed E-state index contributed by atoms with van der Waals surface area (Å²) in [7, 11) is 0. The first kappa shape index (κ1) is 15.1. The molecule has 1 N–H and O–H groups in total. The average Bonchev–Trinajstić information content (AvgIpc) is 2.67. The standard InChI is InChI=1S/C12H19N3O4/c1-8-14-9(15-19-8)7-13-10(16)5-6-11(17)18-12(2,3)4/h5-7H2,1-4H3,(H,13,16). The second-order valence-corrected chi connectivity index (χ2v) is 5.09. The van der Waals surface area contributed by atoms with E-state index in [9.17, 15) is 9.59 Å². The Kier molecular flexibility index (Phi) is 5.02. The first-order valence-corrected chi connectivity index (χ1v) is 6.04. The minimum absolute atomic E-state index is 0.0500. The molecule has 0 fully saturated rings. The molecule has 7 heteroatoms. The Morgan fingerprint density at radius 2 is 2.00 bits per heavy atom. The molecule has 106 valence electrons. The zero-order chi connectivity index (χ0) is 14.5. The number of aryl methyl sites for hydroxylation is 1. The molecule has 1 aromatic rings. The molecule has 0 bridgehead atoms. The maximum Gasteiger partial charge on any atom is 0.306 e. The number of carbonyl (C=O) groups is 2. The van der Waals surface area contributed by atoms with E-state index in [0.717, 1.165) is 0 Å². The van der Waals surface area contributed by atoms with Crippen LogP contribution in [0.5, 0.6) is 0 Å². The molecule has 0 aliphatic rings. The minimum Gasteiger partial charge on any atom is -0.460 e. The van der Waals surface area contributed by atoms with Crippen LogP contribution in [0.4, 0.5) is 0 Å². The zero-order valence-corrected chi connectivity index (χ0v) is 11.6. The molecule has 0 radical (unpaired) electrons. The van der Waals surface area contributed by atoms with E-state index < -0.39 is 11.6 Å². The van der Waals surface area contributed by atoms with Crippen LogP contribution in [0.2, 0.25) is 0 Å². The first-order chi connectivity index (χ1) is 8.76. The molecule has 1 aromatic heterocycles. The van der Waals surface area contributed by atoms with Crippen molar-refractivity contribution in [2.75, 3.05) is 0 Å². The lowest BCUT2D eigenvalue weighted by Gasteiger charge is -2.19. The first-order valence-electron chi connectivity index (χ1n) is 6.04. The van der Waals surface area contributed by atoms with Crippen molar-refractivity contribution in [3.05, 3.63) is 11.7 Å². The number of nitrogens with zero attached hydrogens (tertiary/aromatic N) is 2. The molecule has 1 amide bonds. The number of hydrogen-bond donors (Lipinski definition) is 1. The van der Waals surface area contributed by atoms with Crippen LogP contribution in [0.15, 0.2) is 4.52 Å². The van der Waals surface area contributed by atoms with Gasteiger partial charge in [0, 0.05) is 13.3 Å². The minimum atomic E-state index is -0.532. The Balaban J connectivity index is 2.23. The van der Waals surface area contributed by atoms with Crippen LogP contribution in [0.1, 0.15) is 45.3 Å². The molecule has 19 heavy (non-hydrogen) atoms. The molecule has 0 spiro atoms. The van der Waals surface area contributed by atoms with Crippen molar-refractivity contribution >= 4 is 11.9 Å². The molecule has 0 unspecified atom stereocenters. The van der Waals surface area contributed by atoms with E-state index in [1.54, 1.807) is 27.7 Å². The smallest absolute Gasteiger partial charge is 0.306 e. The molecule has 0 saturated carbocycles. The lowest BCUT2D eigenvalue weighted by Crippen LogP contribution is -2.27. The maximum atomic E-state index is 11.5. The second kappa shape index (κ2) is 6.31. The van der Waals surface area contributed by atoms with E-state index in [1.165, 1.54) is 0 Å². The fourth-order valence-electron chi connectivity index (χ4n) is 1.29. The highest BCUT2D eigenvalue weighted by molar-refractivity contribution is 5.81. The van der Waals surface area contributed by atoms with Gasteiger partial charge in [0.1, 0.15) is 5.60 Å². The number of aromatic nitrogens is 2. The number of amides is 1. The molecule has 0 aliphatic carbocycles. The van der Waals surface area contributed by atoms with Gasteiger partial charge in [-0.2, -0.15) is 4.98 Å². The summed E-state index contributed by atoms with van der Waals surface area (Å²) < 4.78 is 9.86. The number of hydrogen-bond acceptors (Lipinski definition) is 6. The van der Waals surface area contributed by atoms with E-state index >= 15 is 0 Å². The lowest BCUT2D eigenvalue weighted by molar-refractivity contribution is -0.155. The van der Waals surface area contributed by atoms with Gasteiger partial charge < -0.3 is 14.6 Å². The van der Waals surface area contributed by atoms with Gasteiger partial charge in [-0.3, -0.25) is 9.59 Å². The average molecular weight is 269 g/mol. The Morgan fingerprint density at radius 3 is 2.53 bits per heavy atom. The van der Waals surface area contributed by atoms with Crippen LogP contribution in [-0.4, -0.2) is 27.6 Å². The molecule has 0 saturated heterocycles. The predicted octanol–water partition coefficient (Wildman–Crippen LogP) is 1.12. The van der Waals surface area contributed by atoms with E-state index in [0.29, 0.717) is 11.7 Å². The summed E-state index contributed by atoms with van der Waals surface area (Å²) in [4.78, 5) is 26.8. The van der Waals surface area contributed by atoms with E-state index in [-0.39, 0.29) is 25.3 Å². The largest absolute Gasteiger partial charge is 0.460 e.